The summed E-state index contributed by atoms with van der Waals surface area (Å²) >= 11 is 0. The Morgan fingerprint density at radius 1 is 1.25 bits per heavy atom. The van der Waals surface area contributed by atoms with Crippen LogP contribution in [0.25, 0.3) is 0 Å². The topological polar surface area (TPSA) is 96.5 Å². The molecule has 7 heteroatoms. The van der Waals surface area contributed by atoms with Crippen LogP contribution < -0.4 is 16.6 Å². The lowest BCUT2D eigenvalue weighted by Gasteiger charge is -2.20. The maximum Gasteiger partial charge on any atom is 0.273 e. The van der Waals surface area contributed by atoms with Gasteiger partial charge < -0.3 is 15.6 Å². The van der Waals surface area contributed by atoms with Gasteiger partial charge in [-0.25, -0.2) is 0 Å². The molecule has 0 aliphatic carbocycles. The molecule has 1 aromatic carbocycles. The Bertz CT molecular complexity index is 439. The molecule has 0 amide bonds. The number of non-ortho nitro benzene ring substituents is 1. The molecular weight excluding hydrogens is 258 g/mol. The van der Waals surface area contributed by atoms with Crippen molar-refractivity contribution in [3.05, 3.63) is 28.3 Å². The zero-order valence-electron chi connectivity index (χ0n) is 12.1. The Morgan fingerprint density at radius 2 is 1.95 bits per heavy atom. The first-order valence-corrected chi connectivity index (χ1v) is 6.83. The molecule has 0 fully saturated rings. The molecule has 0 saturated carbocycles. The summed E-state index contributed by atoms with van der Waals surface area (Å²) in [7, 11) is 0. The third kappa shape index (κ3) is 5.02. The van der Waals surface area contributed by atoms with E-state index in [1.54, 1.807) is 6.07 Å². The third-order valence-electron chi connectivity index (χ3n) is 3.04. The summed E-state index contributed by atoms with van der Waals surface area (Å²) in [5.41, 5.74) is 3.67. The monoisotopic (exact) mass is 281 g/mol. The average Bonchev–Trinajstić information content (AvgIpc) is 2.45. The number of rotatable bonds is 9. The van der Waals surface area contributed by atoms with Crippen molar-refractivity contribution in [3.63, 3.8) is 0 Å². The van der Waals surface area contributed by atoms with Crippen molar-refractivity contribution in [2.75, 3.05) is 36.9 Å². The number of anilines is 2. The zero-order valence-corrected chi connectivity index (χ0v) is 12.1. The van der Waals surface area contributed by atoms with Crippen LogP contribution in [0.4, 0.5) is 17.1 Å². The Morgan fingerprint density at radius 3 is 2.50 bits per heavy atom. The number of nitrogens with zero attached hydrogens (tertiary/aromatic N) is 2. The molecule has 4 N–H and O–H groups in total. The Labute approximate surface area is 119 Å². The van der Waals surface area contributed by atoms with Crippen LogP contribution in [0.2, 0.25) is 0 Å². The van der Waals surface area contributed by atoms with E-state index in [1.165, 1.54) is 12.1 Å². The number of nitro benzene ring substituents is 1. The highest BCUT2D eigenvalue weighted by atomic mass is 16.6. The molecule has 0 spiro atoms. The summed E-state index contributed by atoms with van der Waals surface area (Å²) in [6.07, 6.45) is 1.12. The number of hydrazine groups is 1. The Hall–Kier alpha value is -1.86. The fourth-order valence-electron chi connectivity index (χ4n) is 2.00. The van der Waals surface area contributed by atoms with Gasteiger partial charge in [-0.2, -0.15) is 0 Å². The van der Waals surface area contributed by atoms with E-state index in [4.69, 9.17) is 5.84 Å². The van der Waals surface area contributed by atoms with E-state index in [1.807, 2.05) is 0 Å². The predicted octanol–water partition coefficient (Wildman–Crippen LogP) is 2.02. The van der Waals surface area contributed by atoms with Crippen molar-refractivity contribution in [1.29, 1.82) is 0 Å². The number of hydrogen-bond acceptors (Lipinski definition) is 6. The first-order valence-electron chi connectivity index (χ1n) is 6.83. The van der Waals surface area contributed by atoms with E-state index in [2.05, 4.69) is 29.5 Å². The number of nitro groups is 1. The Balaban J connectivity index is 2.62. The van der Waals surface area contributed by atoms with Crippen molar-refractivity contribution in [3.8, 4) is 0 Å². The first kappa shape index (κ1) is 16.2. The summed E-state index contributed by atoms with van der Waals surface area (Å²) in [5.74, 6) is 5.32. The van der Waals surface area contributed by atoms with Gasteiger partial charge in [-0.1, -0.05) is 13.8 Å². The molecule has 0 saturated heterocycles. The van der Waals surface area contributed by atoms with Gasteiger partial charge in [-0.3, -0.25) is 16.0 Å². The number of nitrogen functional groups attached to an aromatic ring is 1. The number of nitrogens with one attached hydrogen (secondary N) is 2. The summed E-state index contributed by atoms with van der Waals surface area (Å²) in [4.78, 5) is 12.7. The van der Waals surface area contributed by atoms with Crippen molar-refractivity contribution in [1.82, 2.24) is 4.90 Å². The second kappa shape index (κ2) is 8.34. The SMILES string of the molecule is CCCN(CC)CCNc1cc(NN)cc([N+](=O)[O-])c1. The zero-order chi connectivity index (χ0) is 15.0. The minimum absolute atomic E-state index is 0.0175. The Kier molecular flexibility index (Phi) is 6.75. The minimum Gasteiger partial charge on any atom is -0.383 e. The molecule has 0 unspecified atom stereocenters. The van der Waals surface area contributed by atoms with Crippen LogP contribution in [0, 0.1) is 10.1 Å². The van der Waals surface area contributed by atoms with Gasteiger partial charge in [0.2, 0.25) is 0 Å². The van der Waals surface area contributed by atoms with Gasteiger partial charge >= 0.3 is 0 Å². The average molecular weight is 281 g/mol. The summed E-state index contributed by atoms with van der Waals surface area (Å²) in [6.45, 7) is 7.97. The fraction of sp³-hybridized carbons (Fsp3) is 0.538. The minimum atomic E-state index is -0.429. The third-order valence-corrected chi connectivity index (χ3v) is 3.04. The van der Waals surface area contributed by atoms with E-state index in [9.17, 15) is 10.1 Å². The molecule has 0 bridgehead atoms. The predicted molar refractivity (Wildman–Crippen MR) is 81.8 cm³/mol. The molecule has 1 rings (SSSR count). The molecule has 1 aromatic rings. The highest BCUT2D eigenvalue weighted by Crippen LogP contribution is 2.23. The molecule has 112 valence electrons. The lowest BCUT2D eigenvalue weighted by atomic mass is 10.2. The largest absolute Gasteiger partial charge is 0.383 e. The molecule has 0 radical (unpaired) electrons. The summed E-state index contributed by atoms with van der Waals surface area (Å²) in [5, 5.41) is 14.0. The summed E-state index contributed by atoms with van der Waals surface area (Å²) < 4.78 is 0. The van der Waals surface area contributed by atoms with E-state index >= 15 is 0 Å². The molecule has 0 atom stereocenters. The molecule has 0 heterocycles. The lowest BCUT2D eigenvalue weighted by Crippen LogP contribution is -2.29. The molecule has 0 aliphatic heterocycles. The molecular formula is C13H23N5O2. The van der Waals surface area contributed by atoms with Crippen LogP contribution >= 0.6 is 0 Å². The second-order valence-corrected chi connectivity index (χ2v) is 4.53. The molecule has 0 aromatic heterocycles. The quantitative estimate of drug-likeness (QED) is 0.364. The van der Waals surface area contributed by atoms with Gasteiger partial charge in [0.05, 0.1) is 10.6 Å². The van der Waals surface area contributed by atoms with Gasteiger partial charge in [-0.15, -0.1) is 0 Å². The van der Waals surface area contributed by atoms with Crippen LogP contribution in [0.1, 0.15) is 20.3 Å². The normalized spacial score (nSPS) is 10.6. The smallest absolute Gasteiger partial charge is 0.273 e. The standard InChI is InChI=1S/C13H23N5O2/c1-3-6-17(4-2)7-5-15-11-8-12(16-14)10-13(9-11)18(19)20/h8-10,15-16H,3-7,14H2,1-2H3. The van der Waals surface area contributed by atoms with Crippen LogP contribution in [0.5, 0.6) is 0 Å². The number of hydrogen-bond donors (Lipinski definition) is 3. The van der Waals surface area contributed by atoms with Crippen molar-refractivity contribution < 1.29 is 4.92 Å². The van der Waals surface area contributed by atoms with E-state index in [0.717, 1.165) is 32.6 Å². The maximum atomic E-state index is 10.8. The lowest BCUT2D eigenvalue weighted by molar-refractivity contribution is -0.384. The van der Waals surface area contributed by atoms with Gasteiger partial charge in [0.25, 0.3) is 5.69 Å². The number of benzene rings is 1. The first-order chi connectivity index (χ1) is 9.60. The highest BCUT2D eigenvalue weighted by molar-refractivity contribution is 5.63. The van der Waals surface area contributed by atoms with Crippen LogP contribution in [0.3, 0.4) is 0 Å². The van der Waals surface area contributed by atoms with Crippen molar-refractivity contribution in [2.45, 2.75) is 20.3 Å². The van der Waals surface area contributed by atoms with Crippen LogP contribution in [0.15, 0.2) is 18.2 Å². The van der Waals surface area contributed by atoms with Gasteiger partial charge in [0, 0.05) is 30.9 Å². The van der Waals surface area contributed by atoms with Crippen LogP contribution in [-0.4, -0.2) is 36.0 Å². The van der Waals surface area contributed by atoms with Gasteiger partial charge in [0.1, 0.15) is 0 Å². The summed E-state index contributed by atoms with van der Waals surface area (Å²) in [6, 6.07) is 4.67. The van der Waals surface area contributed by atoms with E-state index < -0.39 is 4.92 Å². The number of likely N-dealkylation sites (N-methyl/N-ethyl adjacent to an activating group) is 1. The second-order valence-electron chi connectivity index (χ2n) is 4.53. The van der Waals surface area contributed by atoms with E-state index in [-0.39, 0.29) is 5.69 Å². The van der Waals surface area contributed by atoms with E-state index in [0.29, 0.717) is 11.4 Å². The highest BCUT2D eigenvalue weighted by Gasteiger charge is 2.09. The van der Waals surface area contributed by atoms with Crippen molar-refractivity contribution in [2.24, 2.45) is 5.84 Å². The number of nitrogens with two attached hydrogens (primary N) is 1. The molecule has 20 heavy (non-hydrogen) atoms. The van der Waals surface area contributed by atoms with Crippen LogP contribution in [-0.2, 0) is 0 Å². The molecule has 0 aliphatic rings. The fourth-order valence-corrected chi connectivity index (χ4v) is 2.00. The van der Waals surface area contributed by atoms with Gasteiger partial charge in [-0.05, 0) is 25.6 Å². The van der Waals surface area contributed by atoms with Gasteiger partial charge in [0.15, 0.2) is 0 Å². The van der Waals surface area contributed by atoms with Crippen molar-refractivity contribution >= 4 is 17.1 Å². The molecule has 7 nitrogen and oxygen atoms in total. The maximum absolute atomic E-state index is 10.8.